The first-order valence-electron chi connectivity index (χ1n) is 9.01. The van der Waals surface area contributed by atoms with Crippen LogP contribution in [0.5, 0.6) is 0 Å². The third-order valence-corrected chi connectivity index (χ3v) is 4.68. The van der Waals surface area contributed by atoms with E-state index < -0.39 is 11.6 Å². The lowest BCUT2D eigenvalue weighted by molar-refractivity contribution is 0.575. The van der Waals surface area contributed by atoms with E-state index in [4.69, 9.17) is 0 Å². The lowest BCUT2D eigenvalue weighted by atomic mass is 10.0. The molecule has 0 aliphatic rings. The SMILES string of the molecule is Cc1cc(F)c(C#Cc2ccc(C#Cc3cc(C)c(C)c(C)c3)cc2)c(F)c1. The fourth-order valence-corrected chi connectivity index (χ4v) is 2.84. The largest absolute Gasteiger partial charge is 0.206 e. The summed E-state index contributed by atoms with van der Waals surface area (Å²) in [5.41, 5.74) is 6.57. The molecule has 138 valence electrons. The summed E-state index contributed by atoms with van der Waals surface area (Å²) in [6.07, 6.45) is 0. The molecule has 3 aromatic rings. The molecule has 0 radical (unpaired) electrons. The Morgan fingerprint density at radius 2 is 1.00 bits per heavy atom. The number of hydrogen-bond acceptors (Lipinski definition) is 0. The Hall–Kier alpha value is -3.36. The molecule has 0 N–H and O–H groups in total. The highest BCUT2D eigenvalue weighted by Gasteiger charge is 2.07. The van der Waals surface area contributed by atoms with Gasteiger partial charge in [0.05, 0.1) is 5.56 Å². The molecule has 0 fully saturated rings. The van der Waals surface area contributed by atoms with Gasteiger partial charge in [-0.15, -0.1) is 0 Å². The molecule has 0 atom stereocenters. The van der Waals surface area contributed by atoms with Crippen LogP contribution in [0.4, 0.5) is 8.78 Å². The van der Waals surface area contributed by atoms with Crippen molar-refractivity contribution in [1.82, 2.24) is 0 Å². The van der Waals surface area contributed by atoms with E-state index in [9.17, 15) is 8.78 Å². The van der Waals surface area contributed by atoms with Crippen molar-refractivity contribution < 1.29 is 8.78 Å². The molecule has 0 saturated heterocycles. The lowest BCUT2D eigenvalue weighted by Crippen LogP contribution is -1.91. The number of aryl methyl sites for hydroxylation is 3. The topological polar surface area (TPSA) is 0 Å². The first-order valence-corrected chi connectivity index (χ1v) is 9.01. The molecule has 0 aromatic heterocycles. The fraction of sp³-hybridized carbons (Fsp3) is 0.154. The summed E-state index contributed by atoms with van der Waals surface area (Å²) in [5.74, 6) is 10.4. The van der Waals surface area contributed by atoms with Crippen LogP contribution in [-0.2, 0) is 0 Å². The van der Waals surface area contributed by atoms with Crippen molar-refractivity contribution in [3.05, 3.63) is 105 Å². The van der Waals surface area contributed by atoms with Crippen LogP contribution in [0.25, 0.3) is 0 Å². The average molecular weight is 370 g/mol. The van der Waals surface area contributed by atoms with Crippen molar-refractivity contribution in [1.29, 1.82) is 0 Å². The summed E-state index contributed by atoms with van der Waals surface area (Å²) in [4.78, 5) is 0. The molecule has 0 nitrogen and oxygen atoms in total. The first kappa shape index (κ1) is 19.4. The highest BCUT2D eigenvalue weighted by molar-refractivity contribution is 5.50. The average Bonchev–Trinajstić information content (AvgIpc) is 2.64. The lowest BCUT2D eigenvalue weighted by Gasteiger charge is -2.04. The first-order chi connectivity index (χ1) is 13.3. The molecular formula is C26H20F2. The van der Waals surface area contributed by atoms with E-state index in [1.54, 1.807) is 19.1 Å². The van der Waals surface area contributed by atoms with Gasteiger partial charge in [-0.05, 0) is 98.5 Å². The smallest absolute Gasteiger partial charge is 0.142 e. The predicted molar refractivity (Wildman–Crippen MR) is 110 cm³/mol. The summed E-state index contributed by atoms with van der Waals surface area (Å²) in [7, 11) is 0. The molecule has 0 heterocycles. The second kappa shape index (κ2) is 8.12. The van der Waals surface area contributed by atoms with Crippen LogP contribution in [0.3, 0.4) is 0 Å². The van der Waals surface area contributed by atoms with E-state index in [0.29, 0.717) is 11.1 Å². The normalized spacial score (nSPS) is 9.93. The zero-order chi connectivity index (χ0) is 20.3. The zero-order valence-electron chi connectivity index (χ0n) is 16.4. The van der Waals surface area contributed by atoms with Gasteiger partial charge in [-0.1, -0.05) is 23.7 Å². The van der Waals surface area contributed by atoms with Crippen molar-refractivity contribution in [2.45, 2.75) is 27.7 Å². The molecular weight excluding hydrogens is 350 g/mol. The minimum absolute atomic E-state index is 0.209. The van der Waals surface area contributed by atoms with Gasteiger partial charge in [0.25, 0.3) is 0 Å². The van der Waals surface area contributed by atoms with Crippen LogP contribution in [0, 0.1) is 63.0 Å². The van der Waals surface area contributed by atoms with Crippen molar-refractivity contribution in [2.24, 2.45) is 0 Å². The Kier molecular flexibility index (Phi) is 5.62. The van der Waals surface area contributed by atoms with Gasteiger partial charge < -0.3 is 0 Å². The Bertz CT molecular complexity index is 1120. The van der Waals surface area contributed by atoms with E-state index in [1.807, 2.05) is 12.1 Å². The van der Waals surface area contributed by atoms with Gasteiger partial charge in [-0.25, -0.2) is 8.78 Å². The minimum atomic E-state index is -0.642. The monoisotopic (exact) mass is 370 g/mol. The summed E-state index contributed by atoms with van der Waals surface area (Å²) >= 11 is 0. The Balaban J connectivity index is 1.81. The molecule has 0 aliphatic heterocycles. The van der Waals surface area contributed by atoms with Gasteiger partial charge >= 0.3 is 0 Å². The number of hydrogen-bond donors (Lipinski definition) is 0. The Morgan fingerprint density at radius 1 is 0.571 bits per heavy atom. The molecule has 0 unspecified atom stereocenters. The van der Waals surface area contributed by atoms with Crippen LogP contribution < -0.4 is 0 Å². The van der Waals surface area contributed by atoms with E-state index in [1.165, 1.54) is 28.8 Å². The summed E-state index contributed by atoms with van der Waals surface area (Å²) in [5, 5.41) is 0. The van der Waals surface area contributed by atoms with E-state index >= 15 is 0 Å². The molecule has 0 spiro atoms. The number of halogens is 2. The van der Waals surface area contributed by atoms with E-state index in [-0.39, 0.29) is 5.56 Å². The van der Waals surface area contributed by atoms with Crippen molar-refractivity contribution >= 4 is 0 Å². The summed E-state index contributed by atoms with van der Waals surface area (Å²) < 4.78 is 27.7. The number of benzene rings is 3. The molecule has 0 aliphatic carbocycles. The molecule has 0 bridgehead atoms. The van der Waals surface area contributed by atoms with Gasteiger partial charge in [0.1, 0.15) is 11.6 Å². The molecule has 0 saturated carbocycles. The Labute approximate surface area is 165 Å². The van der Waals surface area contributed by atoms with Gasteiger partial charge in [-0.2, -0.15) is 0 Å². The fourth-order valence-electron chi connectivity index (χ4n) is 2.84. The highest BCUT2D eigenvalue weighted by Crippen LogP contribution is 2.15. The highest BCUT2D eigenvalue weighted by atomic mass is 19.1. The second-order valence-electron chi connectivity index (χ2n) is 6.92. The molecule has 0 amide bonds. The third-order valence-electron chi connectivity index (χ3n) is 4.68. The maximum absolute atomic E-state index is 13.9. The van der Waals surface area contributed by atoms with Gasteiger partial charge in [0, 0.05) is 16.7 Å². The summed E-state index contributed by atoms with van der Waals surface area (Å²) in [6, 6.07) is 14.0. The Morgan fingerprint density at radius 3 is 1.50 bits per heavy atom. The van der Waals surface area contributed by atoms with Crippen LogP contribution in [-0.4, -0.2) is 0 Å². The predicted octanol–water partition coefficient (Wildman–Crippen LogP) is 6.00. The van der Waals surface area contributed by atoms with Crippen LogP contribution in [0.1, 0.15) is 44.5 Å². The van der Waals surface area contributed by atoms with Crippen LogP contribution in [0.2, 0.25) is 0 Å². The van der Waals surface area contributed by atoms with Crippen LogP contribution >= 0.6 is 0 Å². The van der Waals surface area contributed by atoms with E-state index in [0.717, 1.165) is 11.1 Å². The minimum Gasteiger partial charge on any atom is -0.206 e. The van der Waals surface area contributed by atoms with Crippen LogP contribution in [0.15, 0.2) is 48.5 Å². The molecule has 3 rings (SSSR count). The van der Waals surface area contributed by atoms with Gasteiger partial charge in [0.2, 0.25) is 0 Å². The standard InChI is InChI=1S/C26H20F2/c1-17-13-25(27)24(26(28)14-17)12-11-22-7-5-21(6-8-22)9-10-23-15-18(2)20(4)19(3)16-23/h5-8,13-16H,1-4H3. The van der Waals surface area contributed by atoms with E-state index in [2.05, 4.69) is 56.6 Å². The molecule has 28 heavy (non-hydrogen) atoms. The van der Waals surface area contributed by atoms with Crippen molar-refractivity contribution in [3.63, 3.8) is 0 Å². The second-order valence-corrected chi connectivity index (χ2v) is 6.92. The van der Waals surface area contributed by atoms with Crippen molar-refractivity contribution in [2.75, 3.05) is 0 Å². The maximum Gasteiger partial charge on any atom is 0.142 e. The van der Waals surface area contributed by atoms with Gasteiger partial charge in [0.15, 0.2) is 0 Å². The molecule has 3 aromatic carbocycles. The third kappa shape index (κ3) is 4.48. The van der Waals surface area contributed by atoms with Crippen molar-refractivity contribution in [3.8, 4) is 23.7 Å². The number of rotatable bonds is 0. The van der Waals surface area contributed by atoms with Gasteiger partial charge in [-0.3, -0.25) is 0 Å². The molecule has 2 heteroatoms. The maximum atomic E-state index is 13.9. The quantitative estimate of drug-likeness (QED) is 0.426. The summed E-state index contributed by atoms with van der Waals surface area (Å²) in [6.45, 7) is 7.92. The zero-order valence-corrected chi connectivity index (χ0v) is 16.4.